The molecule has 0 saturated carbocycles. The molecule has 3 nitrogen and oxygen atoms in total. The summed E-state index contributed by atoms with van der Waals surface area (Å²) in [6.45, 7) is 2.96. The molecule has 2 aromatic carbocycles. The van der Waals surface area contributed by atoms with Crippen molar-refractivity contribution in [2.24, 2.45) is 0 Å². The molecule has 0 bridgehead atoms. The molecule has 0 aromatic heterocycles. The fourth-order valence-electron chi connectivity index (χ4n) is 2.85. The van der Waals surface area contributed by atoms with E-state index in [1.807, 2.05) is 0 Å². The summed E-state index contributed by atoms with van der Waals surface area (Å²) in [5, 5.41) is 10.6. The summed E-state index contributed by atoms with van der Waals surface area (Å²) in [5.74, 6) is -0.325. The van der Waals surface area contributed by atoms with Gasteiger partial charge in [0.25, 0.3) is 0 Å². The standard InChI is InChI=1S/C18H17ClFNO2/c1-11-7-17(22)14(9-15(11)19)13-8-12(4-5-16(13)20)10-21-6-2-3-18(21)23/h4-5,7-9,22H,2-3,6,10H2,1H3. The first-order chi connectivity index (χ1) is 11.0. The number of benzene rings is 2. The molecule has 0 atom stereocenters. The third-order valence-electron chi connectivity index (χ3n) is 4.14. The summed E-state index contributed by atoms with van der Waals surface area (Å²) >= 11 is 6.10. The smallest absolute Gasteiger partial charge is 0.222 e. The van der Waals surface area contributed by atoms with Crippen LogP contribution in [0.25, 0.3) is 11.1 Å². The lowest BCUT2D eigenvalue weighted by Gasteiger charge is -2.17. The second kappa shape index (κ2) is 6.20. The molecule has 23 heavy (non-hydrogen) atoms. The Morgan fingerprint density at radius 1 is 1.26 bits per heavy atom. The van der Waals surface area contributed by atoms with Gasteiger partial charge >= 0.3 is 0 Å². The van der Waals surface area contributed by atoms with Gasteiger partial charge in [0.15, 0.2) is 0 Å². The first-order valence-electron chi connectivity index (χ1n) is 7.51. The van der Waals surface area contributed by atoms with Crippen LogP contribution in [-0.2, 0) is 11.3 Å². The van der Waals surface area contributed by atoms with E-state index in [4.69, 9.17) is 11.6 Å². The Hall–Kier alpha value is -2.07. The van der Waals surface area contributed by atoms with Crippen LogP contribution < -0.4 is 0 Å². The zero-order chi connectivity index (χ0) is 16.6. The van der Waals surface area contributed by atoms with Gasteiger partial charge in [-0.2, -0.15) is 0 Å². The van der Waals surface area contributed by atoms with Gasteiger partial charge in [0.2, 0.25) is 5.91 Å². The molecule has 2 aromatic rings. The van der Waals surface area contributed by atoms with Crippen LogP contribution in [0.4, 0.5) is 4.39 Å². The largest absolute Gasteiger partial charge is 0.507 e. The summed E-state index contributed by atoms with van der Waals surface area (Å²) in [5.41, 5.74) is 2.20. The molecule has 1 aliphatic heterocycles. The number of aromatic hydroxyl groups is 1. The van der Waals surface area contributed by atoms with E-state index in [9.17, 15) is 14.3 Å². The molecule has 5 heteroatoms. The third kappa shape index (κ3) is 3.17. The number of hydrogen-bond acceptors (Lipinski definition) is 2. The molecular weight excluding hydrogens is 317 g/mol. The molecule has 1 aliphatic rings. The maximum absolute atomic E-state index is 14.2. The molecule has 1 fully saturated rings. The first kappa shape index (κ1) is 15.8. The molecule has 3 rings (SSSR count). The number of amides is 1. The third-order valence-corrected chi connectivity index (χ3v) is 4.55. The van der Waals surface area contributed by atoms with Gasteiger partial charge in [-0.1, -0.05) is 17.7 Å². The van der Waals surface area contributed by atoms with Gasteiger partial charge in [-0.05, 0) is 48.7 Å². The van der Waals surface area contributed by atoms with E-state index >= 15 is 0 Å². The molecule has 0 aliphatic carbocycles. The van der Waals surface area contributed by atoms with Crippen LogP contribution in [-0.4, -0.2) is 22.5 Å². The second-order valence-corrected chi connectivity index (χ2v) is 6.26. The van der Waals surface area contributed by atoms with Crippen molar-refractivity contribution in [2.45, 2.75) is 26.3 Å². The van der Waals surface area contributed by atoms with E-state index < -0.39 is 5.82 Å². The van der Waals surface area contributed by atoms with Crippen molar-refractivity contribution in [3.05, 3.63) is 52.3 Å². The van der Waals surface area contributed by atoms with Gasteiger partial charge in [0.1, 0.15) is 11.6 Å². The number of hydrogen-bond donors (Lipinski definition) is 1. The number of likely N-dealkylation sites (tertiary alicyclic amines) is 1. The topological polar surface area (TPSA) is 40.5 Å². The lowest BCUT2D eigenvalue weighted by molar-refractivity contribution is -0.128. The Kier molecular flexibility index (Phi) is 4.26. The predicted octanol–water partition coefficient (Wildman–Crippen LogP) is 4.28. The van der Waals surface area contributed by atoms with Crippen molar-refractivity contribution in [2.75, 3.05) is 6.54 Å². The van der Waals surface area contributed by atoms with Gasteiger partial charge in [0, 0.05) is 35.7 Å². The highest BCUT2D eigenvalue weighted by Crippen LogP contribution is 2.36. The Morgan fingerprint density at radius 2 is 2.04 bits per heavy atom. The number of carbonyl (C=O) groups excluding carboxylic acids is 1. The lowest BCUT2D eigenvalue weighted by Crippen LogP contribution is -2.23. The Morgan fingerprint density at radius 3 is 2.74 bits per heavy atom. The van der Waals surface area contributed by atoms with E-state index in [1.54, 1.807) is 30.0 Å². The number of carbonyl (C=O) groups is 1. The van der Waals surface area contributed by atoms with Crippen molar-refractivity contribution in [1.29, 1.82) is 0 Å². The van der Waals surface area contributed by atoms with E-state index in [-0.39, 0.29) is 17.2 Å². The predicted molar refractivity (Wildman–Crippen MR) is 87.9 cm³/mol. The Bertz CT molecular complexity index is 776. The van der Waals surface area contributed by atoms with Crippen LogP contribution in [0.2, 0.25) is 5.02 Å². The molecule has 1 amide bonds. The van der Waals surface area contributed by atoms with Gasteiger partial charge in [-0.15, -0.1) is 0 Å². The van der Waals surface area contributed by atoms with Crippen LogP contribution >= 0.6 is 11.6 Å². The minimum Gasteiger partial charge on any atom is -0.507 e. The Labute approximate surface area is 139 Å². The molecule has 120 valence electrons. The van der Waals surface area contributed by atoms with Gasteiger partial charge in [-0.25, -0.2) is 4.39 Å². The summed E-state index contributed by atoms with van der Waals surface area (Å²) < 4.78 is 14.2. The van der Waals surface area contributed by atoms with Crippen molar-refractivity contribution in [3.63, 3.8) is 0 Å². The number of halogens is 2. The van der Waals surface area contributed by atoms with Crippen molar-refractivity contribution in [1.82, 2.24) is 4.90 Å². The molecule has 1 N–H and O–H groups in total. The normalized spacial score (nSPS) is 14.6. The highest BCUT2D eigenvalue weighted by molar-refractivity contribution is 6.31. The van der Waals surface area contributed by atoms with E-state index in [2.05, 4.69) is 0 Å². The first-order valence-corrected chi connectivity index (χ1v) is 7.89. The van der Waals surface area contributed by atoms with Crippen LogP contribution in [0.3, 0.4) is 0 Å². The van der Waals surface area contributed by atoms with Crippen LogP contribution in [0, 0.1) is 12.7 Å². The van der Waals surface area contributed by atoms with Crippen LogP contribution in [0.15, 0.2) is 30.3 Å². The molecule has 0 radical (unpaired) electrons. The SMILES string of the molecule is Cc1cc(O)c(-c2cc(CN3CCCC3=O)ccc2F)cc1Cl. The van der Waals surface area contributed by atoms with Crippen molar-refractivity contribution >= 4 is 17.5 Å². The van der Waals surface area contributed by atoms with E-state index in [1.165, 1.54) is 12.1 Å². The average Bonchev–Trinajstić information content (AvgIpc) is 2.90. The highest BCUT2D eigenvalue weighted by Gasteiger charge is 2.21. The number of phenols is 1. The van der Waals surface area contributed by atoms with Gasteiger partial charge in [0.05, 0.1) is 0 Å². The maximum Gasteiger partial charge on any atom is 0.222 e. The van der Waals surface area contributed by atoms with Crippen LogP contribution in [0.1, 0.15) is 24.0 Å². The summed E-state index contributed by atoms with van der Waals surface area (Å²) in [6, 6.07) is 7.78. The maximum atomic E-state index is 14.2. The highest BCUT2D eigenvalue weighted by atomic mass is 35.5. The van der Waals surface area contributed by atoms with Crippen LogP contribution in [0.5, 0.6) is 5.75 Å². The number of aryl methyl sites for hydroxylation is 1. The second-order valence-electron chi connectivity index (χ2n) is 5.85. The Balaban J connectivity index is 1.98. The number of phenolic OH excluding ortho intramolecular Hbond substituents is 1. The number of rotatable bonds is 3. The van der Waals surface area contributed by atoms with E-state index in [0.29, 0.717) is 23.6 Å². The number of nitrogens with zero attached hydrogens (tertiary/aromatic N) is 1. The lowest BCUT2D eigenvalue weighted by atomic mass is 10.00. The zero-order valence-corrected chi connectivity index (χ0v) is 13.5. The quantitative estimate of drug-likeness (QED) is 0.910. The molecule has 0 spiro atoms. The summed E-state index contributed by atoms with van der Waals surface area (Å²) in [7, 11) is 0. The van der Waals surface area contributed by atoms with E-state index in [0.717, 1.165) is 24.1 Å². The fraction of sp³-hybridized carbons (Fsp3) is 0.278. The molecule has 0 unspecified atom stereocenters. The fourth-order valence-corrected chi connectivity index (χ4v) is 3.01. The monoisotopic (exact) mass is 333 g/mol. The summed E-state index contributed by atoms with van der Waals surface area (Å²) in [6.07, 6.45) is 1.43. The van der Waals surface area contributed by atoms with Gasteiger partial charge < -0.3 is 10.0 Å². The average molecular weight is 334 g/mol. The summed E-state index contributed by atoms with van der Waals surface area (Å²) in [4.78, 5) is 13.5. The zero-order valence-electron chi connectivity index (χ0n) is 12.8. The van der Waals surface area contributed by atoms with Crippen molar-refractivity contribution in [3.8, 4) is 16.9 Å². The molecular formula is C18H17ClFNO2. The van der Waals surface area contributed by atoms with Gasteiger partial charge in [-0.3, -0.25) is 4.79 Å². The molecule has 1 saturated heterocycles. The minimum atomic E-state index is -0.434. The molecule has 1 heterocycles. The minimum absolute atomic E-state index is 0.0137. The van der Waals surface area contributed by atoms with Crippen molar-refractivity contribution < 1.29 is 14.3 Å².